The molecule has 7 heteroatoms. The highest BCUT2D eigenvalue weighted by Gasteiger charge is 2.36. The molecule has 1 unspecified atom stereocenters. The molecule has 186 valence electrons. The lowest BCUT2D eigenvalue weighted by Gasteiger charge is -2.37. The normalized spacial score (nSPS) is 18.4. The molecule has 2 aliphatic heterocycles. The molecule has 0 spiro atoms. The van der Waals surface area contributed by atoms with Crippen LogP contribution in [0.5, 0.6) is 0 Å². The molecular formula is C28H33NO5S. The smallest absolute Gasteiger partial charge is 0.339 e. The lowest BCUT2D eigenvalue weighted by Crippen LogP contribution is -2.43. The summed E-state index contributed by atoms with van der Waals surface area (Å²) in [6.45, 7) is 5.45. The van der Waals surface area contributed by atoms with E-state index in [0.29, 0.717) is 25.2 Å². The molecule has 2 aromatic carbocycles. The van der Waals surface area contributed by atoms with Crippen molar-refractivity contribution < 1.29 is 22.7 Å². The van der Waals surface area contributed by atoms with Gasteiger partial charge in [-0.15, -0.1) is 0 Å². The first kappa shape index (κ1) is 25.3. The van der Waals surface area contributed by atoms with Gasteiger partial charge in [0.25, 0.3) is 10.0 Å². The summed E-state index contributed by atoms with van der Waals surface area (Å²) in [4.78, 5) is 12.7. The molecule has 35 heavy (non-hydrogen) atoms. The molecule has 0 saturated carbocycles. The Bertz CT molecular complexity index is 1250. The van der Waals surface area contributed by atoms with Crippen molar-refractivity contribution in [1.82, 2.24) is 0 Å². The Kier molecular flexibility index (Phi) is 7.83. The van der Waals surface area contributed by atoms with Gasteiger partial charge in [-0.3, -0.25) is 4.31 Å². The second kappa shape index (κ2) is 10.8. The van der Waals surface area contributed by atoms with Crippen LogP contribution in [0.1, 0.15) is 66.6 Å². The molecule has 0 aromatic heterocycles. The third kappa shape index (κ3) is 5.24. The highest BCUT2D eigenvalue weighted by atomic mass is 32.2. The summed E-state index contributed by atoms with van der Waals surface area (Å²) in [5, 5.41) is 0. The number of carbonyl (C=O) groups excluding carboxylic acids is 1. The number of nitrogens with zero attached hydrogens (tertiary/aromatic N) is 1. The fourth-order valence-electron chi connectivity index (χ4n) is 4.81. The minimum absolute atomic E-state index is 0.0698. The summed E-state index contributed by atoms with van der Waals surface area (Å²) in [7, 11) is -2.62. The molecule has 0 bridgehead atoms. The quantitative estimate of drug-likeness (QED) is 0.443. The van der Waals surface area contributed by atoms with E-state index in [1.54, 1.807) is 16.4 Å². The van der Waals surface area contributed by atoms with Gasteiger partial charge in [-0.1, -0.05) is 37.8 Å². The topological polar surface area (TPSA) is 72.9 Å². The number of benzene rings is 2. The molecule has 2 aliphatic rings. The highest BCUT2D eigenvalue weighted by Crippen LogP contribution is 2.37. The molecule has 0 N–H and O–H groups in total. The number of anilines is 1. The molecule has 0 amide bonds. The van der Waals surface area contributed by atoms with E-state index in [2.05, 4.69) is 24.8 Å². The van der Waals surface area contributed by atoms with Gasteiger partial charge in [0.15, 0.2) is 0 Å². The summed E-state index contributed by atoms with van der Waals surface area (Å²) in [6.07, 6.45) is 4.90. The third-order valence-corrected chi connectivity index (χ3v) is 8.79. The number of fused-ring (bicyclic) bond motifs is 1. The van der Waals surface area contributed by atoms with E-state index < -0.39 is 16.0 Å². The number of ether oxygens (including phenoxy) is 2. The van der Waals surface area contributed by atoms with Crippen LogP contribution in [0.15, 0.2) is 41.3 Å². The number of methoxy groups -OCH3 is 1. The molecule has 1 fully saturated rings. The number of aryl methyl sites for hydroxylation is 2. The van der Waals surface area contributed by atoms with E-state index in [0.717, 1.165) is 43.4 Å². The first-order valence-corrected chi connectivity index (χ1v) is 13.8. The van der Waals surface area contributed by atoms with Crippen molar-refractivity contribution in [1.29, 1.82) is 0 Å². The summed E-state index contributed by atoms with van der Waals surface area (Å²) >= 11 is 0. The van der Waals surface area contributed by atoms with Gasteiger partial charge in [-0.2, -0.15) is 0 Å². The van der Waals surface area contributed by atoms with Gasteiger partial charge in [0.2, 0.25) is 0 Å². The number of esters is 1. The molecule has 0 radical (unpaired) electrons. The summed E-state index contributed by atoms with van der Waals surface area (Å²) < 4.78 is 39.9. The van der Waals surface area contributed by atoms with E-state index in [1.165, 1.54) is 18.7 Å². The molecule has 1 atom stereocenters. The molecule has 0 aliphatic carbocycles. The van der Waals surface area contributed by atoms with Crippen LogP contribution in [0, 0.1) is 17.8 Å². The fraction of sp³-hybridized carbons (Fsp3) is 0.464. The van der Waals surface area contributed by atoms with Crippen LogP contribution < -0.4 is 4.31 Å². The van der Waals surface area contributed by atoms with Crippen LogP contribution in [0.3, 0.4) is 0 Å². The molecule has 2 aromatic rings. The van der Waals surface area contributed by atoms with Crippen molar-refractivity contribution in [3.8, 4) is 11.8 Å². The predicted molar refractivity (Wildman–Crippen MR) is 136 cm³/mol. The van der Waals surface area contributed by atoms with E-state index in [-0.39, 0.29) is 22.4 Å². The van der Waals surface area contributed by atoms with Crippen LogP contribution in [-0.2, 0) is 32.3 Å². The van der Waals surface area contributed by atoms with Crippen LogP contribution >= 0.6 is 0 Å². The SMILES string of the molecule is CCc1ccc2c(c1)CCC(CC)N2S(=O)(=O)c1ccc(C#CC2CCOCC2)c(C(=O)OC)c1. The van der Waals surface area contributed by atoms with Crippen molar-refractivity contribution in [2.24, 2.45) is 5.92 Å². The fourth-order valence-corrected chi connectivity index (χ4v) is 6.63. The Morgan fingerprint density at radius 3 is 2.57 bits per heavy atom. The second-order valence-electron chi connectivity index (χ2n) is 9.07. The summed E-state index contributed by atoms with van der Waals surface area (Å²) in [5.41, 5.74) is 3.60. The largest absolute Gasteiger partial charge is 0.465 e. The Morgan fingerprint density at radius 2 is 1.89 bits per heavy atom. The molecular weight excluding hydrogens is 462 g/mol. The standard InChI is InChI=1S/C28H33NO5S/c1-4-20-7-13-27-23(18-20)9-11-24(5-2)29(27)35(31,32)25-12-10-22(26(19-25)28(30)33-3)8-6-21-14-16-34-17-15-21/h7,10,12-13,18-19,21,24H,4-5,9,11,14-17H2,1-3H3. The van der Waals surface area contributed by atoms with Crippen molar-refractivity contribution in [2.75, 3.05) is 24.6 Å². The molecule has 4 rings (SSSR count). The average molecular weight is 496 g/mol. The van der Waals surface area contributed by atoms with Gasteiger partial charge < -0.3 is 9.47 Å². The number of rotatable bonds is 5. The van der Waals surface area contributed by atoms with E-state index in [4.69, 9.17) is 9.47 Å². The van der Waals surface area contributed by atoms with Crippen molar-refractivity contribution >= 4 is 21.7 Å². The lowest BCUT2D eigenvalue weighted by molar-refractivity contribution is 0.0600. The van der Waals surface area contributed by atoms with Crippen molar-refractivity contribution in [3.05, 3.63) is 58.7 Å². The maximum absolute atomic E-state index is 14.0. The lowest BCUT2D eigenvalue weighted by atomic mass is 9.94. The number of sulfonamides is 1. The first-order valence-electron chi connectivity index (χ1n) is 12.4. The van der Waals surface area contributed by atoms with E-state index in [1.807, 2.05) is 19.1 Å². The van der Waals surface area contributed by atoms with Crippen LogP contribution in [0.4, 0.5) is 5.69 Å². The summed E-state index contributed by atoms with van der Waals surface area (Å²) in [6, 6.07) is 10.5. The van der Waals surface area contributed by atoms with Crippen LogP contribution in [-0.4, -0.2) is 40.8 Å². The Hall–Kier alpha value is -2.82. The minimum Gasteiger partial charge on any atom is -0.465 e. The van der Waals surface area contributed by atoms with Gasteiger partial charge in [-0.25, -0.2) is 13.2 Å². The van der Waals surface area contributed by atoms with E-state index >= 15 is 0 Å². The number of hydrogen-bond donors (Lipinski definition) is 0. The van der Waals surface area contributed by atoms with Crippen LogP contribution in [0.2, 0.25) is 0 Å². The van der Waals surface area contributed by atoms with Gasteiger partial charge in [-0.05, 0) is 73.9 Å². The summed E-state index contributed by atoms with van der Waals surface area (Å²) in [5.74, 6) is 5.91. The zero-order valence-corrected chi connectivity index (χ0v) is 21.5. The van der Waals surface area contributed by atoms with Gasteiger partial charge >= 0.3 is 5.97 Å². The third-order valence-electron chi connectivity index (χ3n) is 6.92. The highest BCUT2D eigenvalue weighted by molar-refractivity contribution is 7.92. The van der Waals surface area contributed by atoms with E-state index in [9.17, 15) is 13.2 Å². The monoisotopic (exact) mass is 495 g/mol. The number of carbonyl (C=O) groups is 1. The van der Waals surface area contributed by atoms with Crippen LogP contribution in [0.25, 0.3) is 0 Å². The first-order chi connectivity index (χ1) is 16.9. The van der Waals surface area contributed by atoms with Gasteiger partial charge in [0.1, 0.15) is 0 Å². The predicted octanol–water partition coefficient (Wildman–Crippen LogP) is 4.73. The van der Waals surface area contributed by atoms with Gasteiger partial charge in [0.05, 0.1) is 23.3 Å². The molecule has 2 heterocycles. The van der Waals surface area contributed by atoms with Crippen molar-refractivity contribution in [2.45, 2.75) is 63.3 Å². The zero-order chi connectivity index (χ0) is 25.0. The number of hydrogen-bond acceptors (Lipinski definition) is 5. The Labute approximate surface area is 208 Å². The maximum atomic E-state index is 14.0. The molecule has 6 nitrogen and oxygen atoms in total. The Balaban J connectivity index is 1.76. The molecule has 1 saturated heterocycles. The Morgan fingerprint density at radius 1 is 1.11 bits per heavy atom. The zero-order valence-electron chi connectivity index (χ0n) is 20.7. The minimum atomic E-state index is -3.91. The van der Waals surface area contributed by atoms with Crippen molar-refractivity contribution in [3.63, 3.8) is 0 Å². The van der Waals surface area contributed by atoms with Gasteiger partial charge in [0, 0.05) is 30.7 Å². The maximum Gasteiger partial charge on any atom is 0.339 e. The average Bonchev–Trinajstić information content (AvgIpc) is 2.90. The second-order valence-corrected chi connectivity index (χ2v) is 10.9.